The molecule has 1 aromatic heterocycles. The third kappa shape index (κ3) is 9.03. The largest absolute Gasteiger partial charge is 0.480 e. The topological polar surface area (TPSA) is 148 Å². The predicted molar refractivity (Wildman–Crippen MR) is 70.4 cm³/mol. The maximum Gasteiger partial charge on any atom is 0.321 e. The van der Waals surface area contributed by atoms with Crippen LogP contribution in [-0.2, 0) is 16.0 Å². The molecule has 6 N–H and O–H groups in total. The van der Waals surface area contributed by atoms with Gasteiger partial charge in [-0.15, -0.1) is 0 Å². The molecule has 0 aromatic carbocycles. The molecule has 20 heavy (non-hydrogen) atoms. The number of carboxylic acids is 2. The smallest absolute Gasteiger partial charge is 0.321 e. The van der Waals surface area contributed by atoms with E-state index in [0.29, 0.717) is 13.0 Å². The molecule has 0 amide bonds. The van der Waals surface area contributed by atoms with E-state index >= 15 is 0 Å². The molecular formula is C11H20N4O5. The fourth-order valence-corrected chi connectivity index (χ4v) is 1.20. The number of carbonyl (C=O) groups is 2. The van der Waals surface area contributed by atoms with Gasteiger partial charge in [-0.3, -0.25) is 9.59 Å². The number of aromatic nitrogens is 2. The monoisotopic (exact) mass is 288 g/mol. The quantitative estimate of drug-likeness (QED) is 0.309. The molecule has 0 unspecified atom stereocenters. The first-order valence-corrected chi connectivity index (χ1v) is 5.92. The molecule has 0 saturated heterocycles. The molecule has 0 bridgehead atoms. The normalized spacial score (nSPS) is 11.3. The van der Waals surface area contributed by atoms with Crippen molar-refractivity contribution in [1.29, 1.82) is 0 Å². The number of rotatable bonds is 8. The summed E-state index contributed by atoms with van der Waals surface area (Å²) in [5, 5.41) is 30.0. The molecule has 0 radical (unpaired) electrons. The highest BCUT2D eigenvalue weighted by Crippen LogP contribution is 1.97. The number of hydrogen-bond donors (Lipinski definition) is 6. The van der Waals surface area contributed by atoms with E-state index in [0.717, 1.165) is 5.69 Å². The fraction of sp³-hybridized carbons (Fsp3) is 0.545. The number of aliphatic carboxylic acids is 2. The average Bonchev–Trinajstić information content (AvgIpc) is 2.89. The van der Waals surface area contributed by atoms with Gasteiger partial charge < -0.3 is 30.9 Å². The lowest BCUT2D eigenvalue weighted by atomic mass is 10.2. The van der Waals surface area contributed by atoms with Gasteiger partial charge in [-0.05, 0) is 7.05 Å². The minimum Gasteiger partial charge on any atom is -0.480 e. The van der Waals surface area contributed by atoms with Crippen LogP contribution in [0, 0.1) is 0 Å². The van der Waals surface area contributed by atoms with Crippen LogP contribution in [0.15, 0.2) is 12.5 Å². The minimum atomic E-state index is -0.904. The average molecular weight is 288 g/mol. The summed E-state index contributed by atoms with van der Waals surface area (Å²) in [5.74, 6) is -1.76. The van der Waals surface area contributed by atoms with E-state index in [9.17, 15) is 9.59 Å². The van der Waals surface area contributed by atoms with Crippen LogP contribution in [0.4, 0.5) is 0 Å². The van der Waals surface area contributed by atoms with Crippen molar-refractivity contribution in [1.82, 2.24) is 20.6 Å². The molecular weight excluding hydrogens is 268 g/mol. The Hall–Kier alpha value is -1.97. The summed E-state index contributed by atoms with van der Waals surface area (Å²) in [6.45, 7) is 0.236. The molecule has 9 nitrogen and oxygen atoms in total. The molecule has 0 saturated carbocycles. The second kappa shape index (κ2) is 10.9. The van der Waals surface area contributed by atoms with Crippen molar-refractivity contribution >= 4 is 11.9 Å². The zero-order chi connectivity index (χ0) is 15.4. The van der Waals surface area contributed by atoms with Crippen LogP contribution in [0.5, 0.6) is 0 Å². The standard InChI is InChI=1S/C7H11N3O2.C4H9NO3/c1-8-6(7(11)12)2-5-3-9-4-10-5;6-2-1-5-3-4(7)8/h3-4,6,8H,2H2,1H3,(H,9,10)(H,11,12);5-6H,1-3H2,(H,7,8)/t6-;/m0./s1. The van der Waals surface area contributed by atoms with Crippen LogP contribution in [0.1, 0.15) is 5.69 Å². The lowest BCUT2D eigenvalue weighted by molar-refractivity contribution is -0.139. The van der Waals surface area contributed by atoms with Crippen molar-refractivity contribution in [2.75, 3.05) is 26.7 Å². The SMILES string of the molecule is CN[C@@H](Cc1cnc[nH]1)C(=O)O.O=C(O)CNCCO. The molecule has 1 heterocycles. The molecule has 0 spiro atoms. The number of aliphatic hydroxyl groups is 1. The fourth-order valence-electron chi connectivity index (χ4n) is 1.20. The summed E-state index contributed by atoms with van der Waals surface area (Å²) in [5.41, 5.74) is 0.816. The lowest BCUT2D eigenvalue weighted by Gasteiger charge is -2.08. The van der Waals surface area contributed by atoms with Crippen molar-refractivity contribution in [3.8, 4) is 0 Å². The lowest BCUT2D eigenvalue weighted by Crippen LogP contribution is -2.35. The first kappa shape index (κ1) is 18.0. The van der Waals surface area contributed by atoms with E-state index in [1.165, 1.54) is 6.33 Å². The van der Waals surface area contributed by atoms with Gasteiger partial charge in [0.05, 0.1) is 19.5 Å². The Morgan fingerprint density at radius 3 is 2.55 bits per heavy atom. The van der Waals surface area contributed by atoms with Gasteiger partial charge in [0.1, 0.15) is 6.04 Å². The molecule has 0 aliphatic carbocycles. The van der Waals surface area contributed by atoms with E-state index in [1.54, 1.807) is 13.2 Å². The Bertz CT molecular complexity index is 382. The van der Waals surface area contributed by atoms with Crippen molar-refractivity contribution in [2.45, 2.75) is 12.5 Å². The number of likely N-dealkylation sites (N-methyl/N-ethyl adjacent to an activating group) is 1. The van der Waals surface area contributed by atoms with E-state index in [-0.39, 0.29) is 13.2 Å². The highest BCUT2D eigenvalue weighted by molar-refractivity contribution is 5.73. The van der Waals surface area contributed by atoms with Gasteiger partial charge in [-0.2, -0.15) is 0 Å². The summed E-state index contributed by atoms with van der Waals surface area (Å²) < 4.78 is 0. The van der Waals surface area contributed by atoms with Crippen molar-refractivity contribution < 1.29 is 24.9 Å². The number of aliphatic hydroxyl groups excluding tert-OH is 1. The minimum absolute atomic E-state index is 0.0206. The van der Waals surface area contributed by atoms with Gasteiger partial charge in [0.15, 0.2) is 0 Å². The van der Waals surface area contributed by atoms with Crippen molar-refractivity contribution in [3.63, 3.8) is 0 Å². The van der Waals surface area contributed by atoms with Crippen LogP contribution < -0.4 is 10.6 Å². The zero-order valence-electron chi connectivity index (χ0n) is 11.2. The van der Waals surface area contributed by atoms with E-state index < -0.39 is 18.0 Å². The molecule has 1 aromatic rings. The van der Waals surface area contributed by atoms with Crippen LogP contribution in [0.25, 0.3) is 0 Å². The van der Waals surface area contributed by atoms with Gasteiger partial charge in [0.2, 0.25) is 0 Å². The van der Waals surface area contributed by atoms with E-state index in [1.807, 2.05) is 0 Å². The number of H-pyrrole nitrogens is 1. The number of hydrogen-bond acceptors (Lipinski definition) is 6. The van der Waals surface area contributed by atoms with Gasteiger partial charge in [0, 0.05) is 24.9 Å². The van der Waals surface area contributed by atoms with Crippen LogP contribution >= 0.6 is 0 Å². The van der Waals surface area contributed by atoms with Crippen molar-refractivity contribution in [2.24, 2.45) is 0 Å². The first-order chi connectivity index (χ1) is 9.51. The van der Waals surface area contributed by atoms with E-state index in [2.05, 4.69) is 20.6 Å². The number of carboxylic acid groups (broad SMARTS) is 2. The zero-order valence-corrected chi connectivity index (χ0v) is 11.2. The Morgan fingerprint density at radius 1 is 1.45 bits per heavy atom. The number of imidazole rings is 1. The summed E-state index contributed by atoms with van der Waals surface area (Å²) >= 11 is 0. The first-order valence-electron chi connectivity index (χ1n) is 5.92. The summed E-state index contributed by atoms with van der Waals surface area (Å²) in [6, 6.07) is -0.551. The van der Waals surface area contributed by atoms with Crippen LogP contribution in [-0.4, -0.2) is 70.0 Å². The highest BCUT2D eigenvalue weighted by atomic mass is 16.4. The Labute approximate surface area is 116 Å². The third-order valence-electron chi connectivity index (χ3n) is 2.19. The highest BCUT2D eigenvalue weighted by Gasteiger charge is 2.15. The van der Waals surface area contributed by atoms with Crippen LogP contribution in [0.3, 0.4) is 0 Å². The number of nitrogens with one attached hydrogen (secondary N) is 3. The maximum absolute atomic E-state index is 10.6. The second-order valence-corrected chi connectivity index (χ2v) is 3.75. The molecule has 1 rings (SSSR count). The van der Waals surface area contributed by atoms with Crippen molar-refractivity contribution in [3.05, 3.63) is 18.2 Å². The van der Waals surface area contributed by atoms with Crippen LogP contribution in [0.2, 0.25) is 0 Å². The van der Waals surface area contributed by atoms with Gasteiger partial charge in [0.25, 0.3) is 0 Å². The molecule has 9 heteroatoms. The third-order valence-corrected chi connectivity index (χ3v) is 2.19. The molecule has 0 aliphatic rings. The predicted octanol–water partition coefficient (Wildman–Crippen LogP) is -1.72. The van der Waals surface area contributed by atoms with E-state index in [4.69, 9.17) is 15.3 Å². The molecule has 114 valence electrons. The number of nitrogens with zero attached hydrogens (tertiary/aromatic N) is 1. The van der Waals surface area contributed by atoms with Gasteiger partial charge in [-0.1, -0.05) is 0 Å². The second-order valence-electron chi connectivity index (χ2n) is 3.75. The molecule has 1 atom stereocenters. The Kier molecular flexibility index (Phi) is 9.83. The number of aromatic amines is 1. The molecule has 0 aliphatic heterocycles. The summed E-state index contributed by atoms with van der Waals surface area (Å²) in [7, 11) is 1.62. The Morgan fingerprint density at radius 2 is 2.15 bits per heavy atom. The summed E-state index contributed by atoms with van der Waals surface area (Å²) in [6.07, 6.45) is 3.57. The molecule has 0 fully saturated rings. The van der Waals surface area contributed by atoms with Gasteiger partial charge >= 0.3 is 11.9 Å². The maximum atomic E-state index is 10.6. The summed E-state index contributed by atoms with van der Waals surface area (Å²) in [4.78, 5) is 26.9. The Balaban J connectivity index is 0.000000396. The van der Waals surface area contributed by atoms with Gasteiger partial charge in [-0.25, -0.2) is 4.98 Å².